The van der Waals surface area contributed by atoms with Crippen LogP contribution in [0.15, 0.2) is 48.5 Å². The minimum atomic E-state index is -0.634. The van der Waals surface area contributed by atoms with E-state index in [2.05, 4.69) is 5.32 Å². The minimum Gasteiger partial charge on any atom is -0.492 e. The van der Waals surface area contributed by atoms with Crippen LogP contribution in [-0.4, -0.2) is 57.1 Å². The lowest BCUT2D eigenvalue weighted by atomic mass is 10.1. The normalized spacial score (nSPS) is 11.8. The van der Waals surface area contributed by atoms with E-state index in [9.17, 15) is 9.90 Å². The van der Waals surface area contributed by atoms with E-state index in [0.717, 1.165) is 17.7 Å². The molecule has 1 amide bonds. The maximum Gasteiger partial charge on any atom is 0.248 e. The van der Waals surface area contributed by atoms with Crippen molar-refractivity contribution in [1.82, 2.24) is 5.32 Å². The lowest BCUT2D eigenvalue weighted by Crippen LogP contribution is -2.33. The molecule has 7 heteroatoms. The Bertz CT molecular complexity index is 721. The molecule has 0 heterocycles. The molecule has 2 rings (SSSR count). The third-order valence-electron chi connectivity index (χ3n) is 4.05. The van der Waals surface area contributed by atoms with E-state index in [1.54, 1.807) is 31.4 Å². The third-order valence-corrected chi connectivity index (χ3v) is 4.05. The van der Waals surface area contributed by atoms with Crippen molar-refractivity contribution in [3.8, 4) is 11.5 Å². The number of benzene rings is 2. The Labute approximate surface area is 165 Å². The summed E-state index contributed by atoms with van der Waals surface area (Å²) in [7, 11) is 1.67. The number of carbonyl (C=O) groups is 1. The molecule has 1 atom stereocenters. The van der Waals surface area contributed by atoms with Gasteiger partial charge in [0.25, 0.3) is 0 Å². The van der Waals surface area contributed by atoms with Crippen LogP contribution in [0.5, 0.6) is 11.5 Å². The van der Waals surface area contributed by atoms with Gasteiger partial charge in [0.1, 0.15) is 30.8 Å². The van der Waals surface area contributed by atoms with Crippen molar-refractivity contribution in [2.75, 3.05) is 40.0 Å². The smallest absolute Gasteiger partial charge is 0.248 e. The number of amides is 1. The first-order chi connectivity index (χ1) is 13.6. The van der Waals surface area contributed by atoms with Gasteiger partial charge in [-0.05, 0) is 42.3 Å². The molecule has 0 spiro atoms. The predicted octanol–water partition coefficient (Wildman–Crippen LogP) is 1.38. The highest BCUT2D eigenvalue weighted by Crippen LogP contribution is 2.18. The number of ether oxygens (including phenoxy) is 3. The first kappa shape index (κ1) is 21.7. The number of hydrogen-bond donors (Lipinski definition) is 3. The number of aliphatic hydroxyl groups excluding tert-OH is 1. The van der Waals surface area contributed by atoms with E-state index in [4.69, 9.17) is 19.9 Å². The summed E-state index contributed by atoms with van der Waals surface area (Å²) in [6, 6.07) is 14.4. The number of hydrogen-bond acceptors (Lipinski definition) is 6. The Balaban J connectivity index is 1.62. The third kappa shape index (κ3) is 7.56. The molecule has 0 aliphatic rings. The van der Waals surface area contributed by atoms with Gasteiger partial charge in [-0.2, -0.15) is 0 Å². The summed E-state index contributed by atoms with van der Waals surface area (Å²) in [5, 5.41) is 13.2. The zero-order valence-electron chi connectivity index (χ0n) is 16.1. The van der Waals surface area contributed by atoms with Crippen molar-refractivity contribution < 1.29 is 24.1 Å². The lowest BCUT2D eigenvalue weighted by molar-refractivity contribution is 0.1000. The molecule has 4 N–H and O–H groups in total. The molecule has 152 valence electrons. The van der Waals surface area contributed by atoms with Crippen LogP contribution in [-0.2, 0) is 11.2 Å². The van der Waals surface area contributed by atoms with Gasteiger partial charge in [-0.15, -0.1) is 0 Å². The Kier molecular flexibility index (Phi) is 9.27. The van der Waals surface area contributed by atoms with Gasteiger partial charge in [0.15, 0.2) is 0 Å². The second-order valence-electron chi connectivity index (χ2n) is 6.26. The van der Waals surface area contributed by atoms with Crippen LogP contribution in [0.4, 0.5) is 0 Å². The van der Waals surface area contributed by atoms with E-state index >= 15 is 0 Å². The summed E-state index contributed by atoms with van der Waals surface area (Å²) in [6.45, 7) is 2.22. The Hall–Kier alpha value is -2.61. The average molecular weight is 388 g/mol. The zero-order valence-corrected chi connectivity index (χ0v) is 16.1. The predicted molar refractivity (Wildman–Crippen MR) is 107 cm³/mol. The molecule has 0 bridgehead atoms. The minimum absolute atomic E-state index is 0.201. The van der Waals surface area contributed by atoms with E-state index in [-0.39, 0.29) is 6.61 Å². The molecule has 0 saturated heterocycles. The highest BCUT2D eigenvalue weighted by atomic mass is 16.5. The molecule has 0 fully saturated rings. The molecule has 0 saturated carbocycles. The zero-order chi connectivity index (χ0) is 20.2. The highest BCUT2D eigenvalue weighted by Gasteiger charge is 2.08. The monoisotopic (exact) mass is 388 g/mol. The molecule has 0 radical (unpaired) electrons. The molecule has 1 unspecified atom stereocenters. The van der Waals surface area contributed by atoms with Gasteiger partial charge in [0.05, 0.1) is 6.61 Å². The number of rotatable bonds is 13. The molecular formula is C21H28N2O5. The fourth-order valence-electron chi connectivity index (χ4n) is 2.53. The van der Waals surface area contributed by atoms with Crippen molar-refractivity contribution in [2.24, 2.45) is 5.73 Å². The van der Waals surface area contributed by atoms with Gasteiger partial charge in [-0.25, -0.2) is 0 Å². The van der Waals surface area contributed by atoms with E-state index in [1.807, 2.05) is 24.3 Å². The second kappa shape index (κ2) is 12.0. The summed E-state index contributed by atoms with van der Waals surface area (Å²) in [6.07, 6.45) is 0.129. The molecule has 7 nitrogen and oxygen atoms in total. The quantitative estimate of drug-likeness (QED) is 0.448. The van der Waals surface area contributed by atoms with Crippen molar-refractivity contribution in [3.63, 3.8) is 0 Å². The first-order valence-corrected chi connectivity index (χ1v) is 9.21. The van der Waals surface area contributed by atoms with Crippen LogP contribution in [0.2, 0.25) is 0 Å². The number of carbonyl (C=O) groups excluding carboxylic acids is 1. The van der Waals surface area contributed by atoms with Crippen LogP contribution in [0.3, 0.4) is 0 Å². The van der Waals surface area contributed by atoms with Crippen molar-refractivity contribution in [1.29, 1.82) is 0 Å². The van der Waals surface area contributed by atoms with Crippen LogP contribution in [0, 0.1) is 0 Å². The number of para-hydroxylation sites is 1. The molecule has 2 aromatic carbocycles. The Morgan fingerprint density at radius 2 is 1.86 bits per heavy atom. The maximum absolute atomic E-state index is 11.0. The summed E-state index contributed by atoms with van der Waals surface area (Å²) in [5.41, 5.74) is 6.69. The molecular weight excluding hydrogens is 360 g/mol. The van der Waals surface area contributed by atoms with Gasteiger partial charge in [0, 0.05) is 25.8 Å². The molecule has 2 aromatic rings. The molecule has 0 aromatic heterocycles. The maximum atomic E-state index is 11.0. The van der Waals surface area contributed by atoms with E-state index in [1.165, 1.54) is 0 Å². The fraction of sp³-hybridized carbons (Fsp3) is 0.381. The van der Waals surface area contributed by atoms with Crippen LogP contribution in [0.25, 0.3) is 0 Å². The molecule has 0 aliphatic carbocycles. The Morgan fingerprint density at radius 3 is 2.57 bits per heavy atom. The Morgan fingerprint density at radius 1 is 1.11 bits per heavy atom. The van der Waals surface area contributed by atoms with Crippen LogP contribution in [0.1, 0.15) is 15.9 Å². The van der Waals surface area contributed by atoms with Crippen molar-refractivity contribution in [3.05, 3.63) is 59.7 Å². The van der Waals surface area contributed by atoms with Gasteiger partial charge in [0.2, 0.25) is 5.91 Å². The van der Waals surface area contributed by atoms with Crippen LogP contribution >= 0.6 is 0 Å². The average Bonchev–Trinajstić information content (AvgIpc) is 2.71. The van der Waals surface area contributed by atoms with E-state index in [0.29, 0.717) is 37.6 Å². The topological polar surface area (TPSA) is 103 Å². The number of aliphatic hydroxyl groups is 1. The lowest BCUT2D eigenvalue weighted by Gasteiger charge is -2.15. The molecule has 28 heavy (non-hydrogen) atoms. The molecule has 0 aliphatic heterocycles. The number of nitrogens with two attached hydrogens (primary N) is 1. The number of nitrogens with one attached hydrogen (secondary N) is 1. The summed E-state index contributed by atoms with van der Waals surface area (Å²) in [4.78, 5) is 11.0. The summed E-state index contributed by atoms with van der Waals surface area (Å²) >= 11 is 0. The summed E-state index contributed by atoms with van der Waals surface area (Å²) < 4.78 is 16.4. The SMILES string of the molecule is COCCc1ccccc1OCC(O)CNCCOc1ccc(C(N)=O)cc1. The second-order valence-corrected chi connectivity index (χ2v) is 6.26. The van der Waals surface area contributed by atoms with Crippen molar-refractivity contribution in [2.45, 2.75) is 12.5 Å². The number of methoxy groups -OCH3 is 1. The first-order valence-electron chi connectivity index (χ1n) is 9.21. The van der Waals surface area contributed by atoms with Crippen molar-refractivity contribution >= 4 is 5.91 Å². The van der Waals surface area contributed by atoms with Gasteiger partial charge in [-0.3, -0.25) is 4.79 Å². The number of primary amides is 1. The summed E-state index contributed by atoms with van der Waals surface area (Å²) in [5.74, 6) is 0.954. The van der Waals surface area contributed by atoms with Gasteiger partial charge < -0.3 is 30.4 Å². The standard InChI is InChI=1S/C21H28N2O5/c1-26-12-10-16-4-2-3-5-20(16)28-15-18(24)14-23-11-13-27-19-8-6-17(7-9-19)21(22)25/h2-9,18,23-24H,10-15H2,1H3,(H2,22,25). The highest BCUT2D eigenvalue weighted by molar-refractivity contribution is 5.92. The fourth-order valence-corrected chi connectivity index (χ4v) is 2.53. The van der Waals surface area contributed by atoms with Gasteiger partial charge >= 0.3 is 0 Å². The van der Waals surface area contributed by atoms with Crippen LogP contribution < -0.4 is 20.5 Å². The van der Waals surface area contributed by atoms with E-state index < -0.39 is 12.0 Å². The largest absolute Gasteiger partial charge is 0.492 e. The van der Waals surface area contributed by atoms with Gasteiger partial charge in [-0.1, -0.05) is 18.2 Å².